The average molecular weight is 295 g/mol. The number of hydrogen-bond acceptors (Lipinski definition) is 5. The summed E-state index contributed by atoms with van der Waals surface area (Å²) < 4.78 is 26.9. The molecular weight excluding hydrogens is 284 g/mol. The van der Waals surface area contributed by atoms with Crippen molar-refractivity contribution in [2.75, 3.05) is 5.32 Å². The van der Waals surface area contributed by atoms with Gasteiger partial charge in [-0.05, 0) is 25.1 Å². The molecule has 8 heteroatoms. The summed E-state index contributed by atoms with van der Waals surface area (Å²) in [5, 5.41) is 22.8. The van der Waals surface area contributed by atoms with Gasteiger partial charge in [-0.2, -0.15) is 0 Å². The molecule has 0 saturated heterocycles. The topological polar surface area (TPSA) is 88.3 Å². The van der Waals surface area contributed by atoms with Gasteiger partial charge in [-0.3, -0.25) is 15.1 Å². The number of aryl methyl sites for hydroxylation is 1. The minimum absolute atomic E-state index is 0.146. The van der Waals surface area contributed by atoms with Gasteiger partial charge < -0.3 is 10.4 Å². The van der Waals surface area contributed by atoms with Crippen LogP contribution in [0.3, 0.4) is 0 Å². The number of aromatic hydroxyl groups is 1. The third-order valence-electron chi connectivity index (χ3n) is 2.79. The molecule has 0 atom stereocenters. The highest BCUT2D eigenvalue weighted by Gasteiger charge is 2.21. The van der Waals surface area contributed by atoms with E-state index in [-0.39, 0.29) is 18.0 Å². The monoisotopic (exact) mass is 295 g/mol. The van der Waals surface area contributed by atoms with Gasteiger partial charge in [0.05, 0.1) is 11.5 Å². The van der Waals surface area contributed by atoms with Crippen molar-refractivity contribution >= 4 is 11.4 Å². The summed E-state index contributed by atoms with van der Waals surface area (Å²) in [7, 11) is 0. The molecule has 2 aromatic rings. The van der Waals surface area contributed by atoms with Gasteiger partial charge in [-0.15, -0.1) is 0 Å². The molecule has 1 aromatic carbocycles. The van der Waals surface area contributed by atoms with E-state index in [1.165, 1.54) is 6.07 Å². The molecule has 0 amide bonds. The summed E-state index contributed by atoms with van der Waals surface area (Å²) >= 11 is 0. The maximum atomic E-state index is 13.7. The molecule has 6 nitrogen and oxygen atoms in total. The molecule has 110 valence electrons. The van der Waals surface area contributed by atoms with Crippen LogP contribution in [0.4, 0.5) is 20.2 Å². The number of benzene rings is 1. The molecule has 0 unspecified atom stereocenters. The number of nitro benzene ring substituents is 1. The molecule has 21 heavy (non-hydrogen) atoms. The smallest absolute Gasteiger partial charge is 0.295 e. The van der Waals surface area contributed by atoms with Crippen molar-refractivity contribution in [2.24, 2.45) is 0 Å². The van der Waals surface area contributed by atoms with Crippen molar-refractivity contribution in [1.82, 2.24) is 4.98 Å². The molecule has 1 heterocycles. The maximum absolute atomic E-state index is 13.7. The summed E-state index contributed by atoms with van der Waals surface area (Å²) in [4.78, 5) is 14.0. The van der Waals surface area contributed by atoms with E-state index in [0.29, 0.717) is 11.8 Å². The quantitative estimate of drug-likeness (QED) is 0.669. The third-order valence-corrected chi connectivity index (χ3v) is 2.79. The van der Waals surface area contributed by atoms with E-state index < -0.39 is 27.9 Å². The van der Waals surface area contributed by atoms with Crippen LogP contribution in [0, 0.1) is 28.7 Å². The second-order valence-electron chi connectivity index (χ2n) is 4.28. The predicted molar refractivity (Wildman–Crippen MR) is 71.0 cm³/mol. The molecule has 1 aromatic heterocycles. The molecule has 0 aliphatic carbocycles. The Morgan fingerprint density at radius 1 is 1.33 bits per heavy atom. The number of hydrogen-bond donors (Lipinski definition) is 2. The van der Waals surface area contributed by atoms with Gasteiger partial charge in [0, 0.05) is 11.8 Å². The van der Waals surface area contributed by atoms with Crippen LogP contribution in [0.2, 0.25) is 0 Å². The van der Waals surface area contributed by atoms with Crippen molar-refractivity contribution in [3.63, 3.8) is 0 Å². The Bertz CT molecular complexity index is 707. The first-order valence-corrected chi connectivity index (χ1v) is 5.92. The first-order chi connectivity index (χ1) is 9.90. The van der Waals surface area contributed by atoms with Gasteiger partial charge in [0.15, 0.2) is 17.3 Å². The Morgan fingerprint density at radius 3 is 2.71 bits per heavy atom. The lowest BCUT2D eigenvalue weighted by Gasteiger charge is -2.10. The van der Waals surface area contributed by atoms with Gasteiger partial charge in [0.2, 0.25) is 0 Å². The minimum atomic E-state index is -1.35. The number of nitrogens with zero attached hydrogens (tertiary/aromatic N) is 2. The van der Waals surface area contributed by atoms with E-state index in [4.69, 9.17) is 0 Å². The normalized spacial score (nSPS) is 10.4. The van der Waals surface area contributed by atoms with Gasteiger partial charge >= 0.3 is 0 Å². The zero-order valence-corrected chi connectivity index (χ0v) is 10.9. The Hall–Kier alpha value is -2.77. The van der Waals surface area contributed by atoms with Crippen molar-refractivity contribution in [3.8, 4) is 5.75 Å². The largest absolute Gasteiger partial charge is 0.506 e. The average Bonchev–Trinajstić information content (AvgIpc) is 2.43. The van der Waals surface area contributed by atoms with Crippen LogP contribution < -0.4 is 5.32 Å². The van der Waals surface area contributed by atoms with Gasteiger partial charge in [-0.1, -0.05) is 0 Å². The number of halogens is 2. The number of anilines is 1. The molecule has 0 spiro atoms. The lowest BCUT2D eigenvalue weighted by molar-refractivity contribution is -0.384. The second kappa shape index (κ2) is 5.70. The van der Waals surface area contributed by atoms with E-state index in [2.05, 4.69) is 10.3 Å². The number of rotatable bonds is 4. The Morgan fingerprint density at radius 2 is 2.05 bits per heavy atom. The van der Waals surface area contributed by atoms with Crippen LogP contribution in [-0.2, 0) is 6.54 Å². The lowest BCUT2D eigenvalue weighted by Crippen LogP contribution is -2.08. The zero-order valence-electron chi connectivity index (χ0n) is 10.9. The number of nitrogens with one attached hydrogen (secondary N) is 1. The number of nitro groups is 1. The summed E-state index contributed by atoms with van der Waals surface area (Å²) in [6, 6.07) is 4.52. The van der Waals surface area contributed by atoms with E-state index >= 15 is 0 Å². The van der Waals surface area contributed by atoms with Gasteiger partial charge in [0.25, 0.3) is 5.69 Å². The first kappa shape index (κ1) is 14.6. The molecule has 0 fully saturated rings. The zero-order chi connectivity index (χ0) is 15.6. The standard InChI is InChI=1S/C13H11F2N3O3/c1-7-2-5-11(19)9(17-7)6-16-13-10(18(20)21)4-3-8(14)12(13)15/h2-5,16,19H,6H2,1H3. The van der Waals surface area contributed by atoms with Crippen LogP contribution in [0.5, 0.6) is 5.75 Å². The van der Waals surface area contributed by atoms with Crippen molar-refractivity contribution in [3.05, 3.63) is 57.4 Å². The highest BCUT2D eigenvalue weighted by atomic mass is 19.2. The Labute approximate surface area is 118 Å². The van der Waals surface area contributed by atoms with Crippen LogP contribution in [0.1, 0.15) is 11.4 Å². The molecule has 0 aliphatic heterocycles. The molecule has 0 saturated carbocycles. The highest BCUT2D eigenvalue weighted by molar-refractivity contribution is 5.62. The fourth-order valence-corrected chi connectivity index (χ4v) is 1.77. The Kier molecular flexibility index (Phi) is 3.97. The third kappa shape index (κ3) is 3.04. The van der Waals surface area contributed by atoms with Crippen LogP contribution in [0.15, 0.2) is 24.3 Å². The lowest BCUT2D eigenvalue weighted by atomic mass is 10.2. The van der Waals surface area contributed by atoms with E-state index in [1.807, 2.05) is 0 Å². The summed E-state index contributed by atoms with van der Waals surface area (Å²) in [5.41, 5.74) is -0.393. The summed E-state index contributed by atoms with van der Waals surface area (Å²) in [5.74, 6) is -2.70. The van der Waals surface area contributed by atoms with Gasteiger partial charge in [-0.25, -0.2) is 8.78 Å². The molecule has 0 bridgehead atoms. The molecule has 2 N–H and O–H groups in total. The molecule has 0 aliphatic rings. The van der Waals surface area contributed by atoms with Crippen LogP contribution in [-0.4, -0.2) is 15.0 Å². The van der Waals surface area contributed by atoms with Gasteiger partial charge in [0.1, 0.15) is 11.4 Å². The fraction of sp³-hybridized carbons (Fsp3) is 0.154. The second-order valence-corrected chi connectivity index (χ2v) is 4.28. The van der Waals surface area contributed by atoms with Crippen molar-refractivity contribution in [2.45, 2.75) is 13.5 Å². The first-order valence-electron chi connectivity index (χ1n) is 5.92. The van der Waals surface area contributed by atoms with Crippen molar-refractivity contribution in [1.29, 1.82) is 0 Å². The predicted octanol–water partition coefficient (Wildman–Crippen LogP) is 2.89. The fourth-order valence-electron chi connectivity index (χ4n) is 1.77. The molecule has 2 rings (SSSR count). The van der Waals surface area contributed by atoms with Crippen molar-refractivity contribution < 1.29 is 18.8 Å². The Balaban J connectivity index is 2.33. The van der Waals surface area contributed by atoms with Crippen LogP contribution >= 0.6 is 0 Å². The van der Waals surface area contributed by atoms with Crippen LogP contribution in [0.25, 0.3) is 0 Å². The number of aromatic nitrogens is 1. The van der Waals surface area contributed by atoms with E-state index in [0.717, 1.165) is 6.07 Å². The number of pyridine rings is 1. The SMILES string of the molecule is Cc1ccc(O)c(CNc2c([N+](=O)[O-])ccc(F)c2F)n1. The highest BCUT2D eigenvalue weighted by Crippen LogP contribution is 2.30. The maximum Gasteiger partial charge on any atom is 0.295 e. The minimum Gasteiger partial charge on any atom is -0.506 e. The summed E-state index contributed by atoms with van der Waals surface area (Å²) in [6.45, 7) is 1.50. The molecule has 0 radical (unpaired) electrons. The summed E-state index contributed by atoms with van der Waals surface area (Å²) in [6.07, 6.45) is 0. The molecular formula is C13H11F2N3O3. The van der Waals surface area contributed by atoms with E-state index in [1.54, 1.807) is 13.0 Å². The van der Waals surface area contributed by atoms with E-state index in [9.17, 15) is 24.0 Å².